The number of rotatable bonds is 8. The van der Waals surface area contributed by atoms with Crippen LogP contribution in [0, 0.1) is 5.82 Å². The number of cyclic esters (lactones) is 2. The van der Waals surface area contributed by atoms with E-state index >= 15 is 4.39 Å². The molecule has 3 aromatic carbocycles. The molecule has 2 aliphatic rings. The first-order chi connectivity index (χ1) is 17.9. The van der Waals surface area contributed by atoms with E-state index in [-0.39, 0.29) is 43.2 Å². The Kier molecular flexibility index (Phi) is 6.77. The summed E-state index contributed by atoms with van der Waals surface area (Å²) < 4.78 is 36.8. The molecular formula is C30H25FO6. The molecule has 0 amide bonds. The molecule has 2 unspecified atom stereocenters. The van der Waals surface area contributed by atoms with Crippen molar-refractivity contribution in [1.82, 2.24) is 0 Å². The highest BCUT2D eigenvalue weighted by atomic mass is 19.1. The normalized spacial score (nSPS) is 19.1. The Hall–Kier alpha value is -4.39. The molecule has 6 nitrogen and oxygen atoms in total. The molecule has 0 radical (unpaired) electrons. The quantitative estimate of drug-likeness (QED) is 0.294. The topological polar surface area (TPSA) is 71.1 Å². The zero-order valence-corrected chi connectivity index (χ0v) is 20.1. The van der Waals surface area contributed by atoms with E-state index in [0.717, 1.165) is 16.7 Å². The van der Waals surface area contributed by atoms with Crippen LogP contribution in [0.5, 0.6) is 11.5 Å². The molecular weight excluding hydrogens is 475 g/mol. The van der Waals surface area contributed by atoms with Gasteiger partial charge in [-0.25, -0.2) is 14.0 Å². The highest BCUT2D eigenvalue weighted by Gasteiger charge is 2.28. The zero-order chi connectivity index (χ0) is 25.9. The van der Waals surface area contributed by atoms with Crippen LogP contribution in [-0.2, 0) is 19.1 Å². The van der Waals surface area contributed by atoms with Crippen molar-refractivity contribution in [3.8, 4) is 33.8 Å². The van der Waals surface area contributed by atoms with Crippen LogP contribution >= 0.6 is 0 Å². The summed E-state index contributed by atoms with van der Waals surface area (Å²) in [4.78, 5) is 22.8. The van der Waals surface area contributed by atoms with Crippen molar-refractivity contribution in [2.45, 2.75) is 25.0 Å². The van der Waals surface area contributed by atoms with Gasteiger partial charge in [0.1, 0.15) is 42.7 Å². The molecule has 0 saturated carbocycles. The Morgan fingerprint density at radius 3 is 1.59 bits per heavy atom. The number of halogens is 1. The predicted molar refractivity (Wildman–Crippen MR) is 136 cm³/mol. The molecule has 188 valence electrons. The smallest absolute Gasteiger partial charge is 0.333 e. The Labute approximate surface area is 213 Å². The molecule has 37 heavy (non-hydrogen) atoms. The van der Waals surface area contributed by atoms with Crippen molar-refractivity contribution in [3.63, 3.8) is 0 Å². The summed E-state index contributed by atoms with van der Waals surface area (Å²) in [5.41, 5.74) is 3.69. The largest absolute Gasteiger partial charge is 0.490 e. The van der Waals surface area contributed by atoms with Crippen molar-refractivity contribution < 1.29 is 32.9 Å². The van der Waals surface area contributed by atoms with Crippen LogP contribution in [0.1, 0.15) is 12.8 Å². The van der Waals surface area contributed by atoms with Gasteiger partial charge in [0.15, 0.2) is 0 Å². The van der Waals surface area contributed by atoms with E-state index in [4.69, 9.17) is 18.9 Å². The van der Waals surface area contributed by atoms with Crippen LogP contribution in [0.3, 0.4) is 0 Å². The minimum atomic E-state index is -0.382. The van der Waals surface area contributed by atoms with Crippen molar-refractivity contribution in [1.29, 1.82) is 0 Å². The third kappa shape index (κ3) is 5.56. The maximum atomic E-state index is 15.0. The third-order valence-electron chi connectivity index (χ3n) is 6.27. The minimum absolute atomic E-state index is 0.237. The summed E-state index contributed by atoms with van der Waals surface area (Å²) in [6.45, 7) is 7.81. The van der Waals surface area contributed by atoms with Crippen molar-refractivity contribution >= 4 is 11.9 Å². The molecule has 0 aromatic heterocycles. The van der Waals surface area contributed by atoms with Gasteiger partial charge in [-0.05, 0) is 47.0 Å². The molecule has 2 atom stereocenters. The van der Waals surface area contributed by atoms with E-state index in [9.17, 15) is 9.59 Å². The highest BCUT2D eigenvalue weighted by molar-refractivity contribution is 5.90. The van der Waals surface area contributed by atoms with E-state index in [1.807, 2.05) is 18.2 Å². The number of carbonyl (C=O) groups excluding carboxylic acids is 2. The monoisotopic (exact) mass is 500 g/mol. The van der Waals surface area contributed by atoms with Gasteiger partial charge in [-0.3, -0.25) is 0 Å². The van der Waals surface area contributed by atoms with Crippen LogP contribution < -0.4 is 9.47 Å². The van der Waals surface area contributed by atoms with Crippen LogP contribution in [-0.4, -0.2) is 37.4 Å². The zero-order valence-electron chi connectivity index (χ0n) is 20.1. The Balaban J connectivity index is 1.19. The fourth-order valence-corrected chi connectivity index (χ4v) is 4.24. The lowest BCUT2D eigenvalue weighted by atomic mass is 9.99. The average molecular weight is 501 g/mol. The maximum Gasteiger partial charge on any atom is 0.333 e. The van der Waals surface area contributed by atoms with Crippen molar-refractivity contribution in [2.75, 3.05) is 13.2 Å². The van der Waals surface area contributed by atoms with Gasteiger partial charge in [0.25, 0.3) is 0 Å². The van der Waals surface area contributed by atoms with Crippen LogP contribution in [0.25, 0.3) is 22.3 Å². The van der Waals surface area contributed by atoms with Crippen LogP contribution in [0.4, 0.5) is 4.39 Å². The summed E-state index contributed by atoms with van der Waals surface area (Å²) in [7, 11) is 0. The molecule has 0 spiro atoms. The van der Waals surface area contributed by atoms with Gasteiger partial charge < -0.3 is 18.9 Å². The standard InChI is InChI=1S/C30H25FO6/c1-18-13-25(36-29(18)32)16-34-23-8-3-20(4-9-23)22-7-12-27(28(31)15-22)21-5-10-24(11-6-21)35-17-26-14-19(2)30(33)37-26/h3-12,15,25-26H,1-2,13-14,16-17H2. The number of hydrogen-bond acceptors (Lipinski definition) is 6. The minimum Gasteiger partial charge on any atom is -0.490 e. The third-order valence-corrected chi connectivity index (χ3v) is 6.27. The Morgan fingerprint density at radius 2 is 1.16 bits per heavy atom. The van der Waals surface area contributed by atoms with Gasteiger partial charge in [-0.15, -0.1) is 0 Å². The number of benzene rings is 3. The van der Waals surface area contributed by atoms with E-state index in [1.54, 1.807) is 42.5 Å². The summed E-state index contributed by atoms with van der Waals surface area (Å²) in [6.07, 6.45) is 0.261. The second-order valence-corrected chi connectivity index (χ2v) is 9.04. The summed E-state index contributed by atoms with van der Waals surface area (Å²) in [5, 5.41) is 0. The molecule has 2 heterocycles. The van der Waals surface area contributed by atoms with Gasteiger partial charge in [-0.2, -0.15) is 0 Å². The number of ether oxygens (including phenoxy) is 4. The van der Waals surface area contributed by atoms with Gasteiger partial charge >= 0.3 is 11.9 Å². The Bertz CT molecular complexity index is 1330. The first-order valence-corrected chi connectivity index (χ1v) is 11.9. The summed E-state index contributed by atoms with van der Waals surface area (Å²) in [6, 6.07) is 19.5. The first-order valence-electron chi connectivity index (χ1n) is 11.9. The number of carbonyl (C=O) groups is 2. The molecule has 2 aliphatic heterocycles. The fraction of sp³-hybridized carbons (Fsp3) is 0.200. The first kappa shape index (κ1) is 24.3. The number of hydrogen-bond donors (Lipinski definition) is 0. The van der Waals surface area contributed by atoms with E-state index in [1.165, 1.54) is 6.07 Å². The maximum absolute atomic E-state index is 15.0. The second kappa shape index (κ2) is 10.3. The summed E-state index contributed by atoms with van der Waals surface area (Å²) in [5.74, 6) is 0.137. The number of esters is 2. The lowest BCUT2D eigenvalue weighted by Gasteiger charge is -2.12. The highest BCUT2D eigenvalue weighted by Crippen LogP contribution is 2.30. The Morgan fingerprint density at radius 1 is 0.703 bits per heavy atom. The van der Waals surface area contributed by atoms with Gasteiger partial charge in [0, 0.05) is 29.6 Å². The molecule has 0 aliphatic carbocycles. The van der Waals surface area contributed by atoms with Crippen LogP contribution in [0.2, 0.25) is 0 Å². The molecule has 5 rings (SSSR count). The molecule has 2 saturated heterocycles. The van der Waals surface area contributed by atoms with Gasteiger partial charge in [-0.1, -0.05) is 49.6 Å². The fourth-order valence-electron chi connectivity index (χ4n) is 4.24. The average Bonchev–Trinajstić information content (AvgIpc) is 3.40. The molecule has 3 aromatic rings. The lowest BCUT2D eigenvalue weighted by molar-refractivity contribution is -0.140. The van der Waals surface area contributed by atoms with Crippen molar-refractivity contribution in [3.05, 3.63) is 96.9 Å². The van der Waals surface area contributed by atoms with E-state index in [2.05, 4.69) is 13.2 Å². The predicted octanol–water partition coefficient (Wildman–Crippen LogP) is 5.66. The summed E-state index contributed by atoms with van der Waals surface area (Å²) >= 11 is 0. The van der Waals surface area contributed by atoms with Crippen LogP contribution in [0.15, 0.2) is 91.0 Å². The SMILES string of the molecule is C=C1CC(COc2ccc(-c3ccc(-c4ccc(OCC5CC(=C)C(=O)O5)cc4)c(F)c3)cc2)OC1=O. The molecule has 7 heteroatoms. The molecule has 0 N–H and O–H groups in total. The van der Waals surface area contributed by atoms with E-state index in [0.29, 0.717) is 41.1 Å². The van der Waals surface area contributed by atoms with Gasteiger partial charge in [0.05, 0.1) is 0 Å². The lowest BCUT2D eigenvalue weighted by Crippen LogP contribution is -2.17. The molecule has 0 bridgehead atoms. The molecule has 2 fully saturated rings. The van der Waals surface area contributed by atoms with Gasteiger partial charge in [0.2, 0.25) is 0 Å². The van der Waals surface area contributed by atoms with E-state index < -0.39 is 0 Å². The van der Waals surface area contributed by atoms with Crippen molar-refractivity contribution in [2.24, 2.45) is 0 Å². The second-order valence-electron chi connectivity index (χ2n) is 9.04.